The average molecular weight is 1890 g/mol. The van der Waals surface area contributed by atoms with Gasteiger partial charge >= 0.3 is 17.9 Å². The summed E-state index contributed by atoms with van der Waals surface area (Å²) in [4.78, 5) is 153. The van der Waals surface area contributed by atoms with Crippen molar-refractivity contribution >= 4 is 87.6 Å². The standard InChI is InChI=1S/C33H42N3O7.C32H40N3O7.C31H38N3O7.3V/c1-20-27(17-37)36-16-29(20)43-31-25(34-24-13-12-22(40-3)14-26(24)35-31)10-6-4-5-8-21-9-7-11-28(21)42-30(38)15-23(32(36)39)33(2)18-41-19-33;1-19-26(16-36)35-15-27(19)41-29-24(33-23-11-10-21(39-4)12-25(23)34-29)9-7-5-6-8-20-14-32(20,3)42-28(37)13-22(30(35)38)31(2)17-40-18-31;1-18-25(15-35)34-14-27(18)41-29-23(32-22-10-9-20(38-3)12-24(22)33-29)8-6-4-5-7-19-11-26(19)40-28(36)13-21(30(34)37)31(2)16-39-17-31;;;/h12-14,20-21,23,27-29H,4-11,15-16,18-19H2,1-3H3;10-12,19-20,22,26-27H,5-9,13-15,17-18H2,1-4H3;9-10,12,18-19,21,25-27H,4-8,11,13-14,16-17H2,1-3H3;;;/q3*-1;;;/t20-,21+,23+,27+,28+,29-;19-,20+,22+,26+,27-,32+;18-,19+,21+,25+,26+,27-;;;/m000.../s1. The van der Waals surface area contributed by atoms with Crippen LogP contribution in [0.2, 0.25) is 0 Å². The van der Waals surface area contributed by atoms with E-state index < -0.39 is 76.0 Å². The average Bonchev–Trinajstić information content (AvgIpc) is 1.67. The fourth-order valence-electron chi connectivity index (χ4n) is 20.6. The van der Waals surface area contributed by atoms with Crippen LogP contribution in [-0.4, -0.2) is 234 Å². The molecule has 3 aromatic heterocycles. The van der Waals surface area contributed by atoms with Gasteiger partial charge in [-0.25, -0.2) is 48.8 Å². The summed E-state index contributed by atoms with van der Waals surface area (Å²) < 4.78 is 70.0. The quantitative estimate of drug-likeness (QED) is 0.0737. The summed E-state index contributed by atoms with van der Waals surface area (Å²) in [5.74, 6) is -0.568. The molecule has 0 unspecified atom stereocenters. The van der Waals surface area contributed by atoms with E-state index in [0.29, 0.717) is 128 Å². The van der Waals surface area contributed by atoms with Gasteiger partial charge in [-0.3, -0.25) is 28.8 Å². The van der Waals surface area contributed by atoms with Gasteiger partial charge < -0.3 is 85.9 Å². The number of hydrogen-bond donors (Lipinski definition) is 0. The number of esters is 3. The molecule has 129 heavy (non-hydrogen) atoms. The van der Waals surface area contributed by atoms with Crippen molar-refractivity contribution in [3.63, 3.8) is 0 Å². The minimum Gasteiger partial charge on any atom is -0.540 e. The van der Waals surface area contributed by atoms with E-state index in [-0.39, 0.29) is 160 Å². The number of carbonyl (C=O) groups is 6. The molecule has 3 radical (unpaired) electrons. The van der Waals surface area contributed by atoms with E-state index in [9.17, 15) is 43.2 Å². The first kappa shape index (κ1) is 98.4. The predicted molar refractivity (Wildman–Crippen MR) is 458 cm³/mol. The van der Waals surface area contributed by atoms with Gasteiger partial charge in [0.25, 0.3) is 0 Å². The van der Waals surface area contributed by atoms with E-state index in [1.807, 2.05) is 103 Å². The Balaban J connectivity index is 0.000000163. The van der Waals surface area contributed by atoms with E-state index in [4.69, 9.17) is 86.7 Å². The topological polar surface area (TPSA) is 351 Å². The molecule has 12 aliphatic rings. The van der Waals surface area contributed by atoms with E-state index in [1.54, 1.807) is 26.2 Å². The summed E-state index contributed by atoms with van der Waals surface area (Å²) in [5, 5.41) is 0. The molecule has 9 aliphatic heterocycles. The zero-order valence-electron chi connectivity index (χ0n) is 75.6. The van der Waals surface area contributed by atoms with Crippen LogP contribution < -0.4 is 28.4 Å². The number of methoxy groups -OCH3 is 3. The largest absolute Gasteiger partial charge is 0.540 e. The van der Waals surface area contributed by atoms with Crippen LogP contribution in [0.5, 0.6) is 34.9 Å². The minimum atomic E-state index is -0.810. The van der Waals surface area contributed by atoms with Crippen LogP contribution in [0.4, 0.5) is 0 Å². The third-order valence-electron chi connectivity index (χ3n) is 29.4. The number of aryl methyl sites for hydroxylation is 3. The maximum Gasteiger partial charge on any atom is 0.307 e. The van der Waals surface area contributed by atoms with Crippen molar-refractivity contribution in [3.8, 4) is 34.9 Å². The molecule has 0 N–H and O–H groups in total. The molecule has 3 aromatic carbocycles. The molecule has 0 spiro atoms. The second kappa shape index (κ2) is 42.0. The van der Waals surface area contributed by atoms with E-state index >= 15 is 0 Å². The van der Waals surface area contributed by atoms with Crippen molar-refractivity contribution in [2.75, 3.05) is 80.6 Å². The smallest absolute Gasteiger partial charge is 0.307 e. The second-order valence-electron chi connectivity index (χ2n) is 38.6. The summed E-state index contributed by atoms with van der Waals surface area (Å²) in [5.41, 5.74) is 4.50. The van der Waals surface area contributed by atoms with Gasteiger partial charge in [-0.05, 0) is 163 Å². The molecule has 3 aliphatic carbocycles. The van der Waals surface area contributed by atoms with Crippen LogP contribution in [0.1, 0.15) is 194 Å². The first-order chi connectivity index (χ1) is 60.7. The van der Waals surface area contributed by atoms with Crippen molar-refractivity contribution in [2.45, 2.75) is 250 Å². The third kappa shape index (κ3) is 21.4. The van der Waals surface area contributed by atoms with Crippen LogP contribution >= 0.6 is 0 Å². The van der Waals surface area contributed by atoms with Crippen molar-refractivity contribution in [1.82, 2.24) is 44.6 Å². The Kier molecular flexibility index (Phi) is 32.1. The minimum absolute atomic E-state index is 0. The van der Waals surface area contributed by atoms with Gasteiger partial charge in [0.2, 0.25) is 35.4 Å². The zero-order chi connectivity index (χ0) is 88.5. The number of benzene rings is 3. The van der Waals surface area contributed by atoms with Gasteiger partial charge in [0, 0.05) is 96.0 Å². The van der Waals surface area contributed by atoms with Gasteiger partial charge in [0.05, 0.1) is 151 Å². The molecule has 30 nitrogen and oxygen atoms in total. The van der Waals surface area contributed by atoms with Crippen molar-refractivity contribution in [2.24, 2.45) is 69.5 Å². The van der Waals surface area contributed by atoms with Crippen LogP contribution in [0.25, 0.3) is 33.1 Å². The molecular formula is C96H120N9O21V3-3. The van der Waals surface area contributed by atoms with Crippen molar-refractivity contribution in [3.05, 3.63) is 71.7 Å². The first-order valence-corrected chi connectivity index (χ1v) is 45.7. The molecule has 6 aromatic rings. The molecule has 33 heteroatoms. The number of nitrogens with zero attached hydrogens (tertiary/aromatic N) is 9. The molecule has 18 rings (SSSR count). The Morgan fingerprint density at radius 2 is 0.721 bits per heavy atom. The Morgan fingerprint density at radius 3 is 1.07 bits per heavy atom. The van der Waals surface area contributed by atoms with Gasteiger partial charge in [-0.15, -0.1) is 0 Å². The number of amides is 3. The van der Waals surface area contributed by atoms with Gasteiger partial charge in [-0.2, -0.15) is 0 Å². The molecule has 3 amide bonds. The third-order valence-corrected chi connectivity index (χ3v) is 29.4. The fraction of sp³-hybridized carbons (Fsp3) is 0.656. The molecule has 3 saturated carbocycles. The van der Waals surface area contributed by atoms with Gasteiger partial charge in [0.15, 0.2) is 0 Å². The number of fused-ring (bicyclic) bond motifs is 15. The molecule has 693 valence electrons. The van der Waals surface area contributed by atoms with Gasteiger partial charge in [0.1, 0.15) is 70.5 Å². The first-order valence-electron chi connectivity index (χ1n) is 45.7. The zero-order valence-corrected chi connectivity index (χ0v) is 79.8. The number of rotatable bonds is 9. The van der Waals surface area contributed by atoms with Crippen LogP contribution in [-0.2, 0) is 147 Å². The number of aromatic nitrogens is 6. The van der Waals surface area contributed by atoms with Crippen molar-refractivity contribution < 1.29 is 156 Å². The van der Waals surface area contributed by atoms with E-state index in [0.717, 1.165) is 143 Å². The molecule has 6 saturated heterocycles. The van der Waals surface area contributed by atoms with Gasteiger partial charge in [-0.1, -0.05) is 98.2 Å². The SMILES string of the molecule is COc1ccc2nc3c(nc2c1)O[C@H]1CN(C(=O)[C@H](C2(C)COC2)CC(=O)O[C@@H]2CCC[C@H]2CCCCC3)[C@H]([C-]=O)[C@@H]1C.COc1ccc2nc3c(nc2c1)O[C@H]1CN(C(=O)[C@H](C2(C)COC2)CC(=O)O[C@@H]2C[C@H]2CCCCC3)[C@H]([C-]=O)[C@@H]1C.COc1ccc2nc3c(nc2c1)O[C@H]1CN(C(=O)[C@H](C2(C)COC2)CC(=O)O[C@]2(C)C[C@H]2CCCCC3)[C@H]([C-]=O)[C@@H]1C.[V].[V].[V]. The summed E-state index contributed by atoms with van der Waals surface area (Å²) in [6, 6.07) is 14.3. The van der Waals surface area contributed by atoms with Crippen molar-refractivity contribution in [1.29, 1.82) is 0 Å². The number of carbonyl (C=O) groups excluding carboxylic acids is 9. The van der Waals surface area contributed by atoms with Crippen LogP contribution in [0.15, 0.2) is 54.6 Å². The number of hydrogen-bond acceptors (Lipinski definition) is 27. The summed E-state index contributed by atoms with van der Waals surface area (Å²) in [6.07, 6.45) is 23.1. The molecule has 6 bridgehead atoms. The van der Waals surface area contributed by atoms with Crippen LogP contribution in [0.3, 0.4) is 0 Å². The Hall–Kier alpha value is -8.06. The molecule has 12 heterocycles. The Bertz CT molecular complexity index is 5060. The van der Waals surface area contributed by atoms with E-state index in [1.165, 1.54) is 9.80 Å². The molecular weight excluding hydrogens is 1770 g/mol. The fourth-order valence-corrected chi connectivity index (χ4v) is 20.6. The second-order valence-corrected chi connectivity index (χ2v) is 38.6. The van der Waals surface area contributed by atoms with E-state index in [2.05, 4.69) is 18.9 Å². The number of ether oxygens (including phenoxy) is 12. The summed E-state index contributed by atoms with van der Waals surface area (Å²) in [6.45, 7) is 16.3. The maximum atomic E-state index is 14.2. The maximum absolute atomic E-state index is 14.2. The van der Waals surface area contributed by atoms with Crippen LogP contribution in [0, 0.1) is 69.5 Å². The Labute approximate surface area is 789 Å². The normalized spacial score (nSPS) is 31.5. The Morgan fingerprint density at radius 1 is 0.380 bits per heavy atom. The molecule has 9 fully saturated rings. The monoisotopic (exact) mass is 1890 g/mol. The molecule has 18 atom stereocenters. The summed E-state index contributed by atoms with van der Waals surface area (Å²) >= 11 is 0. The predicted octanol–water partition coefficient (Wildman–Crippen LogP) is 11.5. The summed E-state index contributed by atoms with van der Waals surface area (Å²) in [7, 11) is 4.82.